The van der Waals surface area contributed by atoms with E-state index in [2.05, 4.69) is 16.0 Å². The van der Waals surface area contributed by atoms with Crippen LogP contribution in [0.3, 0.4) is 0 Å². The van der Waals surface area contributed by atoms with Crippen LogP contribution in [0, 0.1) is 23.0 Å². The number of carbonyl (C=O) groups is 3. The molecule has 2 fully saturated rings. The minimum atomic E-state index is -1.13. The van der Waals surface area contributed by atoms with E-state index in [4.69, 9.17) is 34.8 Å². The molecule has 0 heterocycles. The number of nitrogens with one attached hydrogen (secondary N) is 3. The SMILES string of the molecule is CC1(C(=O)Nc2c(F)ccc(NC(=O)c3cc(NC(=O)[C@H]4CC4(Cl)Cl)ccc3Cl)c2F)CC1. The summed E-state index contributed by atoms with van der Waals surface area (Å²) in [5.41, 5.74) is -1.45. The molecule has 1 atom stereocenters. The van der Waals surface area contributed by atoms with E-state index in [1.807, 2.05) is 0 Å². The van der Waals surface area contributed by atoms with E-state index < -0.39 is 50.7 Å². The van der Waals surface area contributed by atoms with Crippen LogP contribution in [0.25, 0.3) is 0 Å². The number of carbonyl (C=O) groups excluding carboxylic acids is 3. The van der Waals surface area contributed by atoms with Gasteiger partial charge in [-0.25, -0.2) is 8.78 Å². The third-order valence-corrected chi connectivity index (χ3v) is 6.91. The second-order valence-corrected chi connectivity index (χ2v) is 10.4. The molecule has 0 aliphatic heterocycles. The van der Waals surface area contributed by atoms with Gasteiger partial charge in [0, 0.05) is 11.1 Å². The molecule has 0 unspecified atom stereocenters. The van der Waals surface area contributed by atoms with Gasteiger partial charge in [0.25, 0.3) is 5.91 Å². The van der Waals surface area contributed by atoms with Crippen LogP contribution in [-0.4, -0.2) is 22.1 Å². The van der Waals surface area contributed by atoms with Crippen molar-refractivity contribution in [3.63, 3.8) is 0 Å². The van der Waals surface area contributed by atoms with Crippen molar-refractivity contribution >= 4 is 69.6 Å². The summed E-state index contributed by atoms with van der Waals surface area (Å²) in [5, 5.41) is 7.22. The molecular formula is C22H18Cl3F2N3O3. The zero-order valence-corrected chi connectivity index (χ0v) is 19.5. The van der Waals surface area contributed by atoms with Gasteiger partial charge in [-0.05, 0) is 49.6 Å². The average molecular weight is 517 g/mol. The van der Waals surface area contributed by atoms with E-state index >= 15 is 0 Å². The normalized spacial score (nSPS) is 19.4. The van der Waals surface area contributed by atoms with Crippen LogP contribution >= 0.6 is 34.8 Å². The molecular weight excluding hydrogens is 499 g/mol. The summed E-state index contributed by atoms with van der Waals surface area (Å²) in [5.74, 6) is -4.39. The van der Waals surface area contributed by atoms with Crippen LogP contribution in [0.2, 0.25) is 5.02 Å². The number of anilines is 3. The molecule has 2 aliphatic carbocycles. The first-order valence-electron chi connectivity index (χ1n) is 10.0. The first-order chi connectivity index (χ1) is 15.4. The highest BCUT2D eigenvalue weighted by atomic mass is 35.5. The molecule has 174 valence electrons. The summed E-state index contributed by atoms with van der Waals surface area (Å²) < 4.78 is 28.0. The largest absolute Gasteiger partial charge is 0.326 e. The molecule has 0 aromatic heterocycles. The molecule has 11 heteroatoms. The zero-order chi connectivity index (χ0) is 24.1. The number of benzene rings is 2. The Hall–Kier alpha value is -2.42. The van der Waals surface area contributed by atoms with Gasteiger partial charge in [0.1, 0.15) is 15.8 Å². The molecule has 2 aliphatic rings. The second kappa shape index (κ2) is 8.42. The van der Waals surface area contributed by atoms with Crippen LogP contribution in [0.15, 0.2) is 30.3 Å². The Morgan fingerprint density at radius 1 is 1.03 bits per heavy atom. The van der Waals surface area contributed by atoms with Gasteiger partial charge in [0.15, 0.2) is 5.82 Å². The second-order valence-electron chi connectivity index (χ2n) is 8.45. The molecule has 2 aromatic carbocycles. The average Bonchev–Trinajstić information content (AvgIpc) is 3.65. The molecule has 4 rings (SSSR count). The molecule has 3 N–H and O–H groups in total. The van der Waals surface area contributed by atoms with Crippen LogP contribution in [0.4, 0.5) is 25.8 Å². The lowest BCUT2D eigenvalue weighted by Gasteiger charge is -2.15. The van der Waals surface area contributed by atoms with Crippen molar-refractivity contribution in [2.75, 3.05) is 16.0 Å². The number of amides is 3. The highest BCUT2D eigenvalue weighted by Gasteiger charge is 2.56. The number of rotatable bonds is 6. The maximum atomic E-state index is 14.9. The summed E-state index contributed by atoms with van der Waals surface area (Å²) >= 11 is 17.9. The topological polar surface area (TPSA) is 87.3 Å². The van der Waals surface area contributed by atoms with Crippen molar-refractivity contribution in [3.8, 4) is 0 Å². The monoisotopic (exact) mass is 515 g/mol. The van der Waals surface area contributed by atoms with Crippen LogP contribution < -0.4 is 16.0 Å². The summed E-state index contributed by atoms with van der Waals surface area (Å²) in [6.07, 6.45) is 1.56. The van der Waals surface area contributed by atoms with Gasteiger partial charge in [0.05, 0.1) is 22.2 Å². The zero-order valence-electron chi connectivity index (χ0n) is 17.2. The Kier molecular flexibility index (Phi) is 6.05. The Balaban J connectivity index is 1.51. The van der Waals surface area contributed by atoms with Gasteiger partial charge in [-0.3, -0.25) is 14.4 Å². The number of hydrogen-bond donors (Lipinski definition) is 3. The van der Waals surface area contributed by atoms with Crippen molar-refractivity contribution in [1.29, 1.82) is 0 Å². The van der Waals surface area contributed by atoms with Crippen LogP contribution in [0.1, 0.15) is 36.5 Å². The maximum Gasteiger partial charge on any atom is 0.257 e. The quantitative estimate of drug-likeness (QED) is 0.428. The van der Waals surface area contributed by atoms with Gasteiger partial charge in [0.2, 0.25) is 11.8 Å². The third-order valence-electron chi connectivity index (χ3n) is 5.75. The van der Waals surface area contributed by atoms with E-state index in [-0.39, 0.29) is 22.0 Å². The van der Waals surface area contributed by atoms with Crippen molar-refractivity contribution in [3.05, 3.63) is 52.6 Å². The first-order valence-corrected chi connectivity index (χ1v) is 11.1. The number of halogens is 5. The lowest BCUT2D eigenvalue weighted by atomic mass is 10.1. The van der Waals surface area contributed by atoms with Gasteiger partial charge < -0.3 is 16.0 Å². The van der Waals surface area contributed by atoms with Crippen molar-refractivity contribution in [2.24, 2.45) is 11.3 Å². The van der Waals surface area contributed by atoms with Gasteiger partial charge in [-0.1, -0.05) is 18.5 Å². The summed E-state index contributed by atoms with van der Waals surface area (Å²) in [6.45, 7) is 1.70. The van der Waals surface area contributed by atoms with E-state index in [1.165, 1.54) is 18.2 Å². The lowest BCUT2D eigenvalue weighted by Crippen LogP contribution is -2.23. The molecule has 33 heavy (non-hydrogen) atoms. The molecule has 0 bridgehead atoms. The standard InChI is InChI=1S/C22H18Cl3F2N3O3/c1-21(6-7-21)20(33)30-17-14(26)4-5-15(16(17)27)29-18(31)11-8-10(2-3-13(11)23)28-19(32)12-9-22(12,24)25/h2-5,8,12H,6-7,9H2,1H3,(H,28,32)(H,29,31)(H,30,33)/t12-/m1/s1. The molecule has 0 radical (unpaired) electrons. The van der Waals surface area contributed by atoms with E-state index in [9.17, 15) is 23.2 Å². The first kappa shape index (κ1) is 23.7. The third kappa shape index (κ3) is 4.93. The van der Waals surface area contributed by atoms with Gasteiger partial charge in [-0.15, -0.1) is 23.2 Å². The fourth-order valence-electron chi connectivity index (χ4n) is 3.14. The fourth-order valence-corrected chi connectivity index (χ4v) is 3.85. The summed E-state index contributed by atoms with van der Waals surface area (Å²) in [6, 6.07) is 6.14. The Morgan fingerprint density at radius 2 is 1.70 bits per heavy atom. The minimum absolute atomic E-state index is 0.0404. The Labute approximate surface area is 203 Å². The van der Waals surface area contributed by atoms with Crippen LogP contribution in [-0.2, 0) is 9.59 Å². The van der Waals surface area contributed by atoms with Crippen LogP contribution in [0.5, 0.6) is 0 Å². The molecule has 2 saturated carbocycles. The van der Waals surface area contributed by atoms with Gasteiger partial charge >= 0.3 is 0 Å². The van der Waals surface area contributed by atoms with E-state index in [1.54, 1.807) is 6.92 Å². The summed E-state index contributed by atoms with van der Waals surface area (Å²) in [4.78, 5) is 37.2. The van der Waals surface area contributed by atoms with Crippen molar-refractivity contribution < 1.29 is 23.2 Å². The molecule has 3 amide bonds. The highest BCUT2D eigenvalue weighted by Crippen LogP contribution is 2.53. The molecule has 0 spiro atoms. The molecule has 2 aromatic rings. The van der Waals surface area contributed by atoms with Crippen molar-refractivity contribution in [2.45, 2.75) is 30.5 Å². The lowest BCUT2D eigenvalue weighted by molar-refractivity contribution is -0.120. The minimum Gasteiger partial charge on any atom is -0.326 e. The van der Waals surface area contributed by atoms with E-state index in [0.717, 1.165) is 12.1 Å². The van der Waals surface area contributed by atoms with E-state index in [0.29, 0.717) is 19.3 Å². The fraction of sp³-hybridized carbons (Fsp3) is 0.318. The molecule has 0 saturated heterocycles. The van der Waals surface area contributed by atoms with Gasteiger partial charge in [-0.2, -0.15) is 0 Å². The summed E-state index contributed by atoms with van der Waals surface area (Å²) in [7, 11) is 0. The van der Waals surface area contributed by atoms with Crippen molar-refractivity contribution in [1.82, 2.24) is 0 Å². The molecule has 6 nitrogen and oxygen atoms in total. The predicted octanol–water partition coefficient (Wildman–Crippen LogP) is 5.74. The number of hydrogen-bond acceptors (Lipinski definition) is 3. The Morgan fingerprint density at radius 3 is 2.30 bits per heavy atom. The smallest absolute Gasteiger partial charge is 0.257 e. The number of alkyl halides is 2. The predicted molar refractivity (Wildman–Crippen MR) is 123 cm³/mol. The maximum absolute atomic E-state index is 14.9. The Bertz CT molecular complexity index is 1180. The highest BCUT2D eigenvalue weighted by molar-refractivity contribution is 6.52.